The molecule has 56 valence electrons. The van der Waals surface area contributed by atoms with Crippen molar-refractivity contribution in [3.63, 3.8) is 0 Å². The summed E-state index contributed by atoms with van der Waals surface area (Å²) >= 11 is 0. The molecule has 0 amide bonds. The Balaban J connectivity index is 2.53. The molecule has 0 saturated carbocycles. The molecule has 0 aliphatic rings. The Labute approximate surface area is 63.1 Å². The fourth-order valence-corrected chi connectivity index (χ4v) is 0.883. The van der Waals surface area contributed by atoms with Gasteiger partial charge in [-0.1, -0.05) is 0 Å². The Morgan fingerprint density at radius 1 is 1.27 bits per heavy atom. The number of hydrogen-bond acceptors (Lipinski definition) is 3. The van der Waals surface area contributed by atoms with Crippen LogP contribution >= 0.6 is 0 Å². The standard InChI is InChI=1S/C6H7N5/c7-6-9-2-4-11(6)10-3-1-8-5-10/h1-5H,(H2,7,9). The molecular formula is C6H7N5. The normalized spacial score (nSPS) is 10.2. The van der Waals surface area contributed by atoms with Crippen LogP contribution in [0.4, 0.5) is 5.95 Å². The molecule has 2 N–H and O–H groups in total. The summed E-state index contributed by atoms with van der Waals surface area (Å²) in [5.41, 5.74) is 5.54. The van der Waals surface area contributed by atoms with E-state index in [0.717, 1.165) is 0 Å². The first kappa shape index (κ1) is 5.96. The summed E-state index contributed by atoms with van der Waals surface area (Å²) in [5, 5.41) is 0. The molecule has 0 aliphatic heterocycles. The summed E-state index contributed by atoms with van der Waals surface area (Å²) in [4.78, 5) is 7.74. The number of anilines is 1. The lowest BCUT2D eigenvalue weighted by molar-refractivity contribution is 0.668. The quantitative estimate of drug-likeness (QED) is 0.619. The summed E-state index contributed by atoms with van der Waals surface area (Å²) < 4.78 is 3.43. The number of rotatable bonds is 1. The summed E-state index contributed by atoms with van der Waals surface area (Å²) in [6.45, 7) is 0. The van der Waals surface area contributed by atoms with E-state index in [4.69, 9.17) is 5.73 Å². The number of aromatic nitrogens is 4. The Morgan fingerprint density at radius 3 is 2.73 bits per heavy atom. The average Bonchev–Trinajstić information content (AvgIpc) is 2.55. The summed E-state index contributed by atoms with van der Waals surface area (Å²) in [7, 11) is 0. The van der Waals surface area contributed by atoms with Crippen LogP contribution in [0.5, 0.6) is 0 Å². The van der Waals surface area contributed by atoms with Gasteiger partial charge >= 0.3 is 0 Å². The minimum Gasteiger partial charge on any atom is -0.368 e. The summed E-state index contributed by atoms with van der Waals surface area (Å²) in [6.07, 6.45) is 8.52. The molecule has 5 heteroatoms. The molecule has 2 aromatic heterocycles. The lowest BCUT2D eigenvalue weighted by atomic mass is 10.9. The number of nitrogen functional groups attached to an aromatic ring is 1. The smallest absolute Gasteiger partial charge is 0.219 e. The van der Waals surface area contributed by atoms with Crippen LogP contribution in [0, 0.1) is 0 Å². The van der Waals surface area contributed by atoms with E-state index in [0.29, 0.717) is 5.95 Å². The Kier molecular flexibility index (Phi) is 1.15. The van der Waals surface area contributed by atoms with Crippen LogP contribution in [0.1, 0.15) is 0 Å². The second-order valence-electron chi connectivity index (χ2n) is 2.07. The summed E-state index contributed by atoms with van der Waals surface area (Å²) in [6, 6.07) is 0. The Hall–Kier alpha value is -1.78. The fourth-order valence-electron chi connectivity index (χ4n) is 0.883. The highest BCUT2D eigenvalue weighted by Crippen LogP contribution is 1.98. The van der Waals surface area contributed by atoms with Gasteiger partial charge in [-0.05, 0) is 0 Å². The highest BCUT2D eigenvalue weighted by molar-refractivity contribution is 5.16. The third kappa shape index (κ3) is 0.861. The molecule has 11 heavy (non-hydrogen) atoms. The van der Waals surface area contributed by atoms with Gasteiger partial charge in [-0.3, -0.25) is 0 Å². The van der Waals surface area contributed by atoms with E-state index in [9.17, 15) is 0 Å². The molecule has 0 unspecified atom stereocenters. The van der Waals surface area contributed by atoms with Crippen molar-refractivity contribution in [1.29, 1.82) is 0 Å². The maximum Gasteiger partial charge on any atom is 0.219 e. The Bertz CT molecular complexity index is 333. The highest BCUT2D eigenvalue weighted by Gasteiger charge is 1.96. The zero-order chi connectivity index (χ0) is 7.68. The van der Waals surface area contributed by atoms with Gasteiger partial charge < -0.3 is 5.73 Å². The molecule has 0 saturated heterocycles. The van der Waals surface area contributed by atoms with Crippen LogP contribution in [-0.2, 0) is 0 Å². The molecule has 5 nitrogen and oxygen atoms in total. The molecule has 0 fully saturated rings. The number of hydrogen-bond donors (Lipinski definition) is 1. The van der Waals surface area contributed by atoms with Crippen molar-refractivity contribution in [2.45, 2.75) is 0 Å². The molecule has 0 aromatic carbocycles. The van der Waals surface area contributed by atoms with Crippen molar-refractivity contribution in [2.24, 2.45) is 0 Å². The highest BCUT2D eigenvalue weighted by atomic mass is 15.5. The molecule has 2 aromatic rings. The molecule has 0 spiro atoms. The lowest BCUT2D eigenvalue weighted by Crippen LogP contribution is -2.08. The van der Waals surface area contributed by atoms with Crippen molar-refractivity contribution >= 4 is 5.95 Å². The van der Waals surface area contributed by atoms with E-state index in [1.807, 2.05) is 0 Å². The van der Waals surface area contributed by atoms with Crippen LogP contribution in [0.25, 0.3) is 0 Å². The van der Waals surface area contributed by atoms with Crippen LogP contribution < -0.4 is 5.73 Å². The predicted molar refractivity (Wildman–Crippen MR) is 39.7 cm³/mol. The van der Waals surface area contributed by atoms with Crippen LogP contribution in [0.2, 0.25) is 0 Å². The van der Waals surface area contributed by atoms with Crippen molar-refractivity contribution in [3.05, 3.63) is 31.1 Å². The van der Waals surface area contributed by atoms with Crippen molar-refractivity contribution < 1.29 is 0 Å². The zero-order valence-corrected chi connectivity index (χ0v) is 5.75. The van der Waals surface area contributed by atoms with Gasteiger partial charge in [0.2, 0.25) is 5.95 Å². The first-order chi connectivity index (χ1) is 5.38. The number of nitrogens with zero attached hydrogens (tertiary/aromatic N) is 4. The van der Waals surface area contributed by atoms with Crippen LogP contribution in [-0.4, -0.2) is 19.3 Å². The van der Waals surface area contributed by atoms with E-state index in [2.05, 4.69) is 9.97 Å². The van der Waals surface area contributed by atoms with Gasteiger partial charge in [-0.15, -0.1) is 0 Å². The van der Waals surface area contributed by atoms with E-state index in [1.54, 1.807) is 40.5 Å². The molecule has 0 aliphatic carbocycles. The maximum atomic E-state index is 5.54. The third-order valence-electron chi connectivity index (χ3n) is 1.39. The van der Waals surface area contributed by atoms with E-state index in [1.165, 1.54) is 0 Å². The zero-order valence-electron chi connectivity index (χ0n) is 5.75. The molecule has 2 heterocycles. The first-order valence-electron chi connectivity index (χ1n) is 3.15. The Morgan fingerprint density at radius 2 is 2.18 bits per heavy atom. The largest absolute Gasteiger partial charge is 0.368 e. The number of imidazole rings is 2. The SMILES string of the molecule is Nc1nccn1-n1ccnc1. The summed E-state index contributed by atoms with van der Waals surface area (Å²) in [5.74, 6) is 0.447. The topological polar surface area (TPSA) is 61.7 Å². The average molecular weight is 149 g/mol. The van der Waals surface area contributed by atoms with Gasteiger partial charge in [-0.2, -0.15) is 0 Å². The van der Waals surface area contributed by atoms with Gasteiger partial charge in [0.25, 0.3) is 0 Å². The van der Waals surface area contributed by atoms with Crippen molar-refractivity contribution in [2.75, 3.05) is 5.73 Å². The fraction of sp³-hybridized carbons (Fsp3) is 0. The van der Waals surface area contributed by atoms with Gasteiger partial charge in [0.15, 0.2) is 0 Å². The molecular weight excluding hydrogens is 142 g/mol. The van der Waals surface area contributed by atoms with E-state index < -0.39 is 0 Å². The van der Waals surface area contributed by atoms with Crippen molar-refractivity contribution in [3.8, 4) is 0 Å². The van der Waals surface area contributed by atoms with Gasteiger partial charge in [-0.25, -0.2) is 19.3 Å². The maximum absolute atomic E-state index is 5.54. The van der Waals surface area contributed by atoms with Gasteiger partial charge in [0, 0.05) is 24.8 Å². The van der Waals surface area contributed by atoms with Gasteiger partial charge in [0.05, 0.1) is 0 Å². The van der Waals surface area contributed by atoms with Crippen molar-refractivity contribution in [1.82, 2.24) is 19.3 Å². The molecule has 0 bridgehead atoms. The predicted octanol–water partition coefficient (Wildman–Crippen LogP) is -0.0268. The second kappa shape index (κ2) is 2.12. The van der Waals surface area contributed by atoms with E-state index in [-0.39, 0.29) is 0 Å². The molecule has 0 radical (unpaired) electrons. The second-order valence-corrected chi connectivity index (χ2v) is 2.07. The monoisotopic (exact) mass is 149 g/mol. The van der Waals surface area contributed by atoms with Crippen LogP contribution in [0.15, 0.2) is 31.1 Å². The third-order valence-corrected chi connectivity index (χ3v) is 1.39. The number of nitrogens with two attached hydrogens (primary N) is 1. The first-order valence-corrected chi connectivity index (χ1v) is 3.15. The van der Waals surface area contributed by atoms with Gasteiger partial charge in [0.1, 0.15) is 6.33 Å². The molecule has 2 rings (SSSR count). The lowest BCUT2D eigenvalue weighted by Gasteiger charge is -2.02. The minimum atomic E-state index is 0.447. The minimum absolute atomic E-state index is 0.447. The molecule has 0 atom stereocenters. The van der Waals surface area contributed by atoms with Crippen LogP contribution in [0.3, 0.4) is 0 Å². The van der Waals surface area contributed by atoms with E-state index >= 15 is 0 Å².